The van der Waals surface area contributed by atoms with E-state index >= 15 is 0 Å². The molecule has 110 valence electrons. The fourth-order valence-electron chi connectivity index (χ4n) is 1.72. The summed E-state index contributed by atoms with van der Waals surface area (Å²) < 4.78 is 1.04. The van der Waals surface area contributed by atoms with Crippen molar-refractivity contribution < 1.29 is 9.63 Å². The maximum absolute atomic E-state index is 11.7. The number of halogens is 1. The van der Waals surface area contributed by atoms with Crippen LogP contribution in [0.4, 0.5) is 0 Å². The Labute approximate surface area is 137 Å². The number of nitrogens with one attached hydrogen (secondary N) is 1. The Bertz CT molecular complexity index is 604. The van der Waals surface area contributed by atoms with E-state index in [2.05, 4.69) is 21.4 Å². The second kappa shape index (κ2) is 8.22. The lowest BCUT2D eigenvalue weighted by Gasteiger charge is -2.07. The van der Waals surface area contributed by atoms with Gasteiger partial charge in [-0.25, -0.2) is 5.48 Å². The molecule has 2 aromatic carbocycles. The SMILES string of the molecule is Cc1cc(Br)ccc1SCC(=O)NOCc1ccccc1. The van der Waals surface area contributed by atoms with Crippen LogP contribution >= 0.6 is 27.7 Å². The maximum atomic E-state index is 11.7. The Morgan fingerprint density at radius 2 is 2.00 bits per heavy atom. The zero-order chi connectivity index (χ0) is 15.1. The van der Waals surface area contributed by atoms with E-state index in [0.29, 0.717) is 12.4 Å². The average Bonchev–Trinajstić information content (AvgIpc) is 2.47. The van der Waals surface area contributed by atoms with E-state index in [4.69, 9.17) is 4.84 Å². The minimum absolute atomic E-state index is 0.141. The van der Waals surface area contributed by atoms with Crippen molar-refractivity contribution in [2.24, 2.45) is 0 Å². The van der Waals surface area contributed by atoms with Crippen LogP contribution in [0.3, 0.4) is 0 Å². The maximum Gasteiger partial charge on any atom is 0.253 e. The summed E-state index contributed by atoms with van der Waals surface area (Å²) in [5, 5.41) is 0. The monoisotopic (exact) mass is 365 g/mol. The Morgan fingerprint density at radius 1 is 1.24 bits per heavy atom. The van der Waals surface area contributed by atoms with Crippen molar-refractivity contribution >= 4 is 33.6 Å². The van der Waals surface area contributed by atoms with Gasteiger partial charge in [0.2, 0.25) is 0 Å². The highest BCUT2D eigenvalue weighted by atomic mass is 79.9. The van der Waals surface area contributed by atoms with E-state index in [1.165, 1.54) is 11.8 Å². The van der Waals surface area contributed by atoms with Gasteiger partial charge in [0.15, 0.2) is 0 Å². The highest BCUT2D eigenvalue weighted by Crippen LogP contribution is 2.25. The molecule has 0 atom stereocenters. The van der Waals surface area contributed by atoms with E-state index < -0.39 is 0 Å². The van der Waals surface area contributed by atoms with Crippen LogP contribution in [0.1, 0.15) is 11.1 Å². The lowest BCUT2D eigenvalue weighted by molar-refractivity contribution is -0.131. The van der Waals surface area contributed by atoms with Crippen LogP contribution in [0.25, 0.3) is 0 Å². The van der Waals surface area contributed by atoms with E-state index in [1.54, 1.807) is 0 Å². The van der Waals surface area contributed by atoms with Crippen LogP contribution in [0.15, 0.2) is 57.9 Å². The predicted molar refractivity (Wildman–Crippen MR) is 89.0 cm³/mol. The number of aryl methyl sites for hydroxylation is 1. The largest absolute Gasteiger partial charge is 0.272 e. The van der Waals surface area contributed by atoms with Gasteiger partial charge in [0.05, 0.1) is 12.4 Å². The summed E-state index contributed by atoms with van der Waals surface area (Å²) in [7, 11) is 0. The number of rotatable bonds is 6. The quantitative estimate of drug-likeness (QED) is 0.618. The lowest BCUT2D eigenvalue weighted by Crippen LogP contribution is -2.25. The minimum atomic E-state index is -0.141. The van der Waals surface area contributed by atoms with Gasteiger partial charge in [0, 0.05) is 9.37 Å². The van der Waals surface area contributed by atoms with Crippen molar-refractivity contribution in [3.63, 3.8) is 0 Å². The van der Waals surface area contributed by atoms with E-state index in [9.17, 15) is 4.79 Å². The molecule has 0 heterocycles. The van der Waals surface area contributed by atoms with E-state index in [0.717, 1.165) is 20.5 Å². The molecule has 0 fully saturated rings. The molecule has 5 heteroatoms. The first-order chi connectivity index (χ1) is 10.1. The molecule has 0 aliphatic heterocycles. The smallest absolute Gasteiger partial charge is 0.253 e. The fraction of sp³-hybridized carbons (Fsp3) is 0.188. The van der Waals surface area contributed by atoms with Crippen LogP contribution in [-0.4, -0.2) is 11.7 Å². The number of hydrogen-bond donors (Lipinski definition) is 1. The van der Waals surface area contributed by atoms with Gasteiger partial charge in [0.1, 0.15) is 0 Å². The van der Waals surface area contributed by atoms with Crippen LogP contribution in [0, 0.1) is 6.92 Å². The number of thioether (sulfide) groups is 1. The summed E-state index contributed by atoms with van der Waals surface area (Å²) in [6, 6.07) is 15.7. The molecule has 0 unspecified atom stereocenters. The Kier molecular flexibility index (Phi) is 6.29. The van der Waals surface area contributed by atoms with Crippen molar-refractivity contribution in [2.45, 2.75) is 18.4 Å². The van der Waals surface area contributed by atoms with Crippen LogP contribution < -0.4 is 5.48 Å². The first kappa shape index (κ1) is 16.1. The molecule has 0 saturated heterocycles. The number of hydroxylamine groups is 1. The first-order valence-electron chi connectivity index (χ1n) is 6.48. The Balaban J connectivity index is 1.72. The second-order valence-corrected chi connectivity index (χ2v) is 6.43. The first-order valence-corrected chi connectivity index (χ1v) is 8.26. The molecule has 0 bridgehead atoms. The Hall–Kier alpha value is -1.30. The molecular formula is C16H16BrNO2S. The molecular weight excluding hydrogens is 350 g/mol. The highest BCUT2D eigenvalue weighted by Gasteiger charge is 2.05. The third kappa shape index (κ3) is 5.53. The van der Waals surface area contributed by atoms with Gasteiger partial charge in [-0.15, -0.1) is 11.8 Å². The van der Waals surface area contributed by atoms with Crippen LogP contribution in [0.5, 0.6) is 0 Å². The average molecular weight is 366 g/mol. The van der Waals surface area contributed by atoms with E-state index in [1.807, 2.05) is 55.5 Å². The summed E-state index contributed by atoms with van der Waals surface area (Å²) in [6.45, 7) is 2.39. The molecule has 1 amide bonds. The summed E-state index contributed by atoms with van der Waals surface area (Å²) >= 11 is 4.92. The molecule has 2 aromatic rings. The van der Waals surface area contributed by atoms with Crippen LogP contribution in [-0.2, 0) is 16.2 Å². The summed E-state index contributed by atoms with van der Waals surface area (Å²) in [4.78, 5) is 18.0. The zero-order valence-electron chi connectivity index (χ0n) is 11.6. The third-order valence-corrected chi connectivity index (χ3v) is 4.43. The van der Waals surface area contributed by atoms with Crippen molar-refractivity contribution in [3.8, 4) is 0 Å². The van der Waals surface area contributed by atoms with Gasteiger partial charge in [-0.3, -0.25) is 9.63 Å². The molecule has 0 aliphatic rings. The van der Waals surface area contributed by atoms with Crippen LogP contribution in [0.2, 0.25) is 0 Å². The number of carbonyl (C=O) groups excluding carboxylic acids is 1. The standard InChI is InChI=1S/C16H16BrNO2S/c1-12-9-14(17)7-8-15(12)21-11-16(19)18-20-10-13-5-3-2-4-6-13/h2-9H,10-11H2,1H3,(H,18,19). The second-order valence-electron chi connectivity index (χ2n) is 4.50. The highest BCUT2D eigenvalue weighted by molar-refractivity contribution is 9.10. The van der Waals surface area contributed by atoms with Gasteiger partial charge in [-0.1, -0.05) is 46.3 Å². The summed E-state index contributed by atoms with van der Waals surface area (Å²) in [5.74, 6) is 0.190. The molecule has 0 aromatic heterocycles. The topological polar surface area (TPSA) is 38.3 Å². The molecule has 3 nitrogen and oxygen atoms in total. The number of hydrogen-bond acceptors (Lipinski definition) is 3. The molecule has 0 aliphatic carbocycles. The van der Waals surface area contributed by atoms with Gasteiger partial charge in [-0.05, 0) is 36.2 Å². The molecule has 21 heavy (non-hydrogen) atoms. The zero-order valence-corrected chi connectivity index (χ0v) is 14.0. The molecule has 2 rings (SSSR count). The van der Waals surface area contributed by atoms with Gasteiger partial charge in [0.25, 0.3) is 5.91 Å². The molecule has 0 spiro atoms. The van der Waals surface area contributed by atoms with Crippen molar-refractivity contribution in [1.29, 1.82) is 0 Å². The normalized spacial score (nSPS) is 10.4. The van der Waals surface area contributed by atoms with E-state index in [-0.39, 0.29) is 5.91 Å². The lowest BCUT2D eigenvalue weighted by atomic mass is 10.2. The Morgan fingerprint density at radius 3 is 2.71 bits per heavy atom. The summed E-state index contributed by atoms with van der Waals surface area (Å²) in [5.41, 5.74) is 4.63. The number of amides is 1. The van der Waals surface area contributed by atoms with Gasteiger partial charge in [-0.2, -0.15) is 0 Å². The van der Waals surface area contributed by atoms with Crippen molar-refractivity contribution in [1.82, 2.24) is 5.48 Å². The fourth-order valence-corrected chi connectivity index (χ4v) is 2.99. The predicted octanol–water partition coefficient (Wildman–Crippen LogP) is 4.10. The number of benzene rings is 2. The minimum Gasteiger partial charge on any atom is -0.272 e. The third-order valence-electron chi connectivity index (χ3n) is 2.76. The molecule has 1 N–H and O–H groups in total. The molecule has 0 saturated carbocycles. The molecule has 0 radical (unpaired) electrons. The van der Waals surface area contributed by atoms with Crippen molar-refractivity contribution in [3.05, 3.63) is 64.1 Å². The number of carbonyl (C=O) groups is 1. The van der Waals surface area contributed by atoms with Crippen molar-refractivity contribution in [2.75, 3.05) is 5.75 Å². The van der Waals surface area contributed by atoms with Gasteiger partial charge >= 0.3 is 0 Å². The summed E-state index contributed by atoms with van der Waals surface area (Å²) in [6.07, 6.45) is 0. The van der Waals surface area contributed by atoms with Gasteiger partial charge < -0.3 is 0 Å².